The SMILES string of the molecule is CCCCCC(C)Nc1ccc(F)c(C(=O)O)c1. The van der Waals surface area contributed by atoms with Crippen LogP contribution < -0.4 is 5.32 Å². The van der Waals surface area contributed by atoms with Gasteiger partial charge in [0.2, 0.25) is 0 Å². The standard InChI is InChI=1S/C14H20FNO2/c1-3-4-5-6-10(2)16-11-7-8-13(15)12(9-11)14(17)18/h7-10,16H,3-6H2,1-2H3,(H,17,18). The normalized spacial score (nSPS) is 12.2. The molecule has 0 bridgehead atoms. The van der Waals surface area contributed by atoms with E-state index in [1.54, 1.807) is 6.07 Å². The number of hydrogen-bond donors (Lipinski definition) is 2. The Morgan fingerprint density at radius 2 is 2.17 bits per heavy atom. The van der Waals surface area contributed by atoms with Crippen LogP contribution in [0.1, 0.15) is 49.9 Å². The van der Waals surface area contributed by atoms with Crippen molar-refractivity contribution in [2.75, 3.05) is 5.32 Å². The zero-order valence-corrected chi connectivity index (χ0v) is 10.9. The number of anilines is 1. The van der Waals surface area contributed by atoms with E-state index >= 15 is 0 Å². The lowest BCUT2D eigenvalue weighted by Gasteiger charge is -2.15. The second-order valence-corrected chi connectivity index (χ2v) is 4.54. The van der Waals surface area contributed by atoms with Crippen LogP contribution in [0.15, 0.2) is 18.2 Å². The highest BCUT2D eigenvalue weighted by atomic mass is 19.1. The Morgan fingerprint density at radius 1 is 1.44 bits per heavy atom. The number of nitrogens with one attached hydrogen (secondary N) is 1. The Hall–Kier alpha value is -1.58. The molecule has 0 aliphatic heterocycles. The Morgan fingerprint density at radius 3 is 2.78 bits per heavy atom. The Kier molecular flexibility index (Phi) is 5.62. The minimum Gasteiger partial charge on any atom is -0.478 e. The topological polar surface area (TPSA) is 49.3 Å². The molecule has 0 heterocycles. The first-order valence-electron chi connectivity index (χ1n) is 6.34. The van der Waals surface area contributed by atoms with Crippen LogP contribution in [0.25, 0.3) is 0 Å². The minimum absolute atomic E-state index is 0.253. The van der Waals surface area contributed by atoms with Crippen molar-refractivity contribution in [3.05, 3.63) is 29.6 Å². The van der Waals surface area contributed by atoms with Gasteiger partial charge in [-0.2, -0.15) is 0 Å². The molecule has 0 saturated heterocycles. The first kappa shape index (κ1) is 14.5. The molecule has 0 amide bonds. The van der Waals surface area contributed by atoms with E-state index < -0.39 is 11.8 Å². The van der Waals surface area contributed by atoms with Crippen molar-refractivity contribution < 1.29 is 14.3 Å². The van der Waals surface area contributed by atoms with Gasteiger partial charge >= 0.3 is 5.97 Å². The second kappa shape index (κ2) is 6.99. The zero-order chi connectivity index (χ0) is 13.5. The van der Waals surface area contributed by atoms with Crippen molar-refractivity contribution >= 4 is 11.7 Å². The Bertz CT molecular complexity index is 407. The predicted molar refractivity (Wildman–Crippen MR) is 70.6 cm³/mol. The average Bonchev–Trinajstić information content (AvgIpc) is 2.31. The van der Waals surface area contributed by atoms with Gasteiger partial charge in [-0.25, -0.2) is 9.18 Å². The van der Waals surface area contributed by atoms with Crippen molar-refractivity contribution in [1.29, 1.82) is 0 Å². The smallest absolute Gasteiger partial charge is 0.338 e. The van der Waals surface area contributed by atoms with E-state index in [4.69, 9.17) is 5.11 Å². The lowest BCUT2D eigenvalue weighted by atomic mass is 10.1. The molecule has 0 spiro atoms. The largest absolute Gasteiger partial charge is 0.478 e. The lowest BCUT2D eigenvalue weighted by Crippen LogP contribution is -2.15. The van der Waals surface area contributed by atoms with Crippen LogP contribution >= 0.6 is 0 Å². The highest BCUT2D eigenvalue weighted by molar-refractivity contribution is 5.89. The Balaban J connectivity index is 2.62. The van der Waals surface area contributed by atoms with Gasteiger partial charge in [0, 0.05) is 11.7 Å². The number of halogens is 1. The van der Waals surface area contributed by atoms with E-state index in [1.807, 2.05) is 6.92 Å². The maximum atomic E-state index is 13.2. The lowest BCUT2D eigenvalue weighted by molar-refractivity contribution is 0.0692. The summed E-state index contributed by atoms with van der Waals surface area (Å²) >= 11 is 0. The zero-order valence-electron chi connectivity index (χ0n) is 10.9. The molecule has 3 nitrogen and oxygen atoms in total. The molecule has 1 atom stereocenters. The fourth-order valence-corrected chi connectivity index (χ4v) is 1.84. The number of hydrogen-bond acceptors (Lipinski definition) is 2. The molecule has 0 aliphatic rings. The number of carbonyl (C=O) groups is 1. The summed E-state index contributed by atoms with van der Waals surface area (Å²) in [6.07, 6.45) is 4.52. The Labute approximate surface area is 107 Å². The van der Waals surface area contributed by atoms with Crippen molar-refractivity contribution in [2.24, 2.45) is 0 Å². The van der Waals surface area contributed by atoms with E-state index in [0.717, 1.165) is 12.8 Å². The number of carboxylic acids is 1. The first-order chi connectivity index (χ1) is 8.54. The summed E-state index contributed by atoms with van der Waals surface area (Å²) in [6.45, 7) is 4.19. The molecule has 0 aliphatic carbocycles. The minimum atomic E-state index is -1.24. The highest BCUT2D eigenvalue weighted by Gasteiger charge is 2.11. The average molecular weight is 253 g/mol. The van der Waals surface area contributed by atoms with Gasteiger partial charge in [0.25, 0.3) is 0 Å². The summed E-state index contributed by atoms with van der Waals surface area (Å²) in [4.78, 5) is 10.8. The predicted octanol–water partition coefficient (Wildman–Crippen LogP) is 3.90. The molecule has 1 aromatic carbocycles. The quantitative estimate of drug-likeness (QED) is 0.724. The van der Waals surface area contributed by atoms with E-state index in [2.05, 4.69) is 12.2 Å². The highest BCUT2D eigenvalue weighted by Crippen LogP contribution is 2.17. The first-order valence-corrected chi connectivity index (χ1v) is 6.34. The van der Waals surface area contributed by atoms with Gasteiger partial charge in [-0.1, -0.05) is 26.2 Å². The van der Waals surface area contributed by atoms with E-state index in [9.17, 15) is 9.18 Å². The molecular weight excluding hydrogens is 233 g/mol. The number of unbranched alkanes of at least 4 members (excludes halogenated alkanes) is 2. The third-order valence-corrected chi connectivity index (χ3v) is 2.85. The summed E-state index contributed by atoms with van der Waals surface area (Å²) in [5.41, 5.74) is 0.360. The van der Waals surface area contributed by atoms with Crippen LogP contribution in [-0.2, 0) is 0 Å². The summed E-state index contributed by atoms with van der Waals surface area (Å²) in [5, 5.41) is 12.0. The van der Waals surface area contributed by atoms with Gasteiger partial charge in [-0.15, -0.1) is 0 Å². The number of benzene rings is 1. The fraction of sp³-hybridized carbons (Fsp3) is 0.500. The molecule has 0 saturated carbocycles. The monoisotopic (exact) mass is 253 g/mol. The number of rotatable bonds is 7. The van der Waals surface area contributed by atoms with Crippen molar-refractivity contribution in [3.63, 3.8) is 0 Å². The molecule has 100 valence electrons. The maximum absolute atomic E-state index is 13.2. The number of aromatic carboxylic acids is 1. The van der Waals surface area contributed by atoms with Gasteiger partial charge in [-0.05, 0) is 31.5 Å². The van der Waals surface area contributed by atoms with Crippen molar-refractivity contribution in [3.8, 4) is 0 Å². The molecule has 1 aromatic rings. The van der Waals surface area contributed by atoms with Crippen molar-refractivity contribution in [2.45, 2.75) is 45.6 Å². The van der Waals surface area contributed by atoms with E-state index in [1.165, 1.54) is 25.0 Å². The molecule has 1 rings (SSSR count). The van der Waals surface area contributed by atoms with Crippen LogP contribution in [0.2, 0.25) is 0 Å². The third kappa shape index (κ3) is 4.35. The molecule has 18 heavy (non-hydrogen) atoms. The van der Waals surface area contributed by atoms with Crippen LogP contribution in [0, 0.1) is 5.82 Å². The molecular formula is C14H20FNO2. The number of carboxylic acid groups (broad SMARTS) is 1. The van der Waals surface area contributed by atoms with Gasteiger partial charge in [-0.3, -0.25) is 0 Å². The summed E-state index contributed by atoms with van der Waals surface area (Å²) in [5.74, 6) is -1.94. The third-order valence-electron chi connectivity index (χ3n) is 2.85. The van der Waals surface area contributed by atoms with Crippen LogP contribution in [0.5, 0.6) is 0 Å². The summed E-state index contributed by atoms with van der Waals surface area (Å²) < 4.78 is 13.2. The van der Waals surface area contributed by atoms with Crippen LogP contribution in [0.3, 0.4) is 0 Å². The van der Waals surface area contributed by atoms with Gasteiger partial charge in [0.1, 0.15) is 5.82 Å². The maximum Gasteiger partial charge on any atom is 0.338 e. The summed E-state index contributed by atoms with van der Waals surface area (Å²) in [7, 11) is 0. The molecule has 0 fully saturated rings. The van der Waals surface area contributed by atoms with Crippen LogP contribution in [0.4, 0.5) is 10.1 Å². The van der Waals surface area contributed by atoms with Gasteiger partial charge < -0.3 is 10.4 Å². The molecule has 2 N–H and O–H groups in total. The summed E-state index contributed by atoms with van der Waals surface area (Å²) in [6, 6.07) is 4.35. The van der Waals surface area contributed by atoms with Crippen molar-refractivity contribution in [1.82, 2.24) is 0 Å². The molecule has 4 heteroatoms. The van der Waals surface area contributed by atoms with E-state index in [0.29, 0.717) is 5.69 Å². The van der Waals surface area contributed by atoms with Gasteiger partial charge in [0.15, 0.2) is 0 Å². The second-order valence-electron chi connectivity index (χ2n) is 4.54. The van der Waals surface area contributed by atoms with Crippen LogP contribution in [-0.4, -0.2) is 17.1 Å². The molecule has 1 unspecified atom stereocenters. The molecule has 0 radical (unpaired) electrons. The van der Waals surface area contributed by atoms with E-state index in [-0.39, 0.29) is 11.6 Å². The molecule has 0 aromatic heterocycles. The van der Waals surface area contributed by atoms with Gasteiger partial charge in [0.05, 0.1) is 5.56 Å². The fourth-order valence-electron chi connectivity index (χ4n) is 1.84.